The van der Waals surface area contributed by atoms with Crippen LogP contribution in [0.15, 0.2) is 94.7 Å². The second-order valence-corrected chi connectivity index (χ2v) is 10.2. The van der Waals surface area contributed by atoms with Gasteiger partial charge in [-0.05, 0) is 0 Å². The summed E-state index contributed by atoms with van der Waals surface area (Å²) in [7, 11) is -1.34. The summed E-state index contributed by atoms with van der Waals surface area (Å²) in [5, 5.41) is 4.58. The van der Waals surface area contributed by atoms with E-state index in [0.717, 1.165) is 6.42 Å². The van der Waals surface area contributed by atoms with Crippen LogP contribution in [0.4, 0.5) is 0 Å². The maximum Gasteiger partial charge on any atom is 4.00 e. The molecule has 4 rings (SSSR count). The first-order valence-electron chi connectivity index (χ1n) is 9.71. The molecule has 0 heterocycles. The number of benzene rings is 2. The zero-order chi connectivity index (χ0) is 19.2. The van der Waals surface area contributed by atoms with Crippen molar-refractivity contribution in [3.05, 3.63) is 107 Å². The fourth-order valence-electron chi connectivity index (χ4n) is 3.81. The molecule has 1 atom stereocenters. The molecule has 0 N–H and O–H groups in total. The first kappa shape index (κ1) is 29.1. The van der Waals surface area contributed by atoms with Crippen molar-refractivity contribution in [2.75, 3.05) is 0 Å². The maximum atomic E-state index is 3.52. The Labute approximate surface area is 215 Å². The molecule has 0 spiro atoms. The third kappa shape index (κ3) is 7.65. The van der Waals surface area contributed by atoms with E-state index in [2.05, 4.69) is 107 Å². The fraction of sp³-hybridized carbons (Fsp3) is 0.231. The molecule has 2 aliphatic carbocycles. The zero-order valence-electron chi connectivity index (χ0n) is 18.0. The van der Waals surface area contributed by atoms with Gasteiger partial charge < -0.3 is 24.8 Å². The van der Waals surface area contributed by atoms with E-state index in [1.54, 1.807) is 5.20 Å². The van der Waals surface area contributed by atoms with Crippen molar-refractivity contribution in [2.45, 2.75) is 34.1 Å². The minimum atomic E-state index is -1.34. The second kappa shape index (κ2) is 14.2. The van der Waals surface area contributed by atoms with Crippen LogP contribution in [0.2, 0.25) is 0 Å². The van der Waals surface area contributed by atoms with E-state index in [1.807, 2.05) is 6.08 Å². The number of allylic oxidation sites excluding steroid dienone is 8. The van der Waals surface area contributed by atoms with Gasteiger partial charge in [-0.1, -0.05) is 97.7 Å². The van der Waals surface area contributed by atoms with E-state index in [1.165, 1.54) is 27.1 Å². The van der Waals surface area contributed by atoms with Gasteiger partial charge in [0.2, 0.25) is 0 Å². The predicted molar refractivity (Wildman–Crippen MR) is 120 cm³/mol. The summed E-state index contributed by atoms with van der Waals surface area (Å²) in [6, 6.07) is 22.0. The normalized spacial score (nSPS) is 16.5. The third-order valence-corrected chi connectivity index (χ3v) is 8.73. The molecule has 0 saturated carbocycles. The summed E-state index contributed by atoms with van der Waals surface area (Å²) in [4.78, 5) is 0. The van der Waals surface area contributed by atoms with Gasteiger partial charge in [0.25, 0.3) is 0 Å². The van der Waals surface area contributed by atoms with Crippen molar-refractivity contribution in [3.8, 4) is 0 Å². The topological polar surface area (TPSA) is 0 Å². The van der Waals surface area contributed by atoms with Gasteiger partial charge in [0.05, 0.1) is 8.80 Å². The first-order valence-corrected chi connectivity index (χ1v) is 11.4. The summed E-state index contributed by atoms with van der Waals surface area (Å²) in [5.41, 5.74) is 4.21. The third-order valence-electron chi connectivity index (χ3n) is 5.12. The van der Waals surface area contributed by atoms with Gasteiger partial charge in [-0.3, -0.25) is 12.2 Å². The Kier molecular flexibility index (Phi) is 13.8. The van der Waals surface area contributed by atoms with Crippen LogP contribution in [0.25, 0.3) is 0 Å². The van der Waals surface area contributed by atoms with Crippen LogP contribution < -0.4 is 35.2 Å². The molecule has 0 amide bonds. The largest absolute Gasteiger partial charge is 4.00 e. The van der Waals surface area contributed by atoms with Crippen LogP contribution in [0.5, 0.6) is 0 Å². The summed E-state index contributed by atoms with van der Waals surface area (Å²) >= 11 is 0. The molecular formula is C26H28Cl2SiZr. The fourth-order valence-corrected chi connectivity index (χ4v) is 7.20. The molecule has 0 aromatic heterocycles. The standard InChI is InChI=1S/C19H19Si.C7H9.2ClH.Zr/c1-15-13-14-16(2)19(15)20(17-9-5-3-6-10-17)18-11-7-4-8-12-18;1-6-3-4-7(2)5-6;;;/h3-12,20H,13H2,1-2H3;3,5,7H,1-2H3;2*1H;/q2*-1;;;+4/p-2. The van der Waals surface area contributed by atoms with E-state index >= 15 is 0 Å². The van der Waals surface area contributed by atoms with Crippen LogP contribution in [0.1, 0.15) is 34.1 Å². The Bertz CT molecular complexity index is 860. The van der Waals surface area contributed by atoms with E-state index in [4.69, 9.17) is 0 Å². The maximum absolute atomic E-state index is 3.52. The van der Waals surface area contributed by atoms with Crippen molar-refractivity contribution >= 4 is 19.2 Å². The van der Waals surface area contributed by atoms with Crippen LogP contribution in [-0.2, 0) is 26.2 Å². The summed E-state index contributed by atoms with van der Waals surface area (Å²) in [6.07, 6.45) is 11.9. The molecule has 2 aromatic rings. The molecule has 2 aromatic carbocycles. The molecule has 0 aliphatic heterocycles. The number of halogens is 2. The van der Waals surface area contributed by atoms with Gasteiger partial charge in [-0.25, -0.2) is 17.2 Å². The summed E-state index contributed by atoms with van der Waals surface area (Å²) in [6.45, 7) is 8.71. The van der Waals surface area contributed by atoms with Gasteiger partial charge in [-0.15, -0.1) is 13.3 Å². The average Bonchev–Trinajstić information content (AvgIpc) is 3.23. The Morgan fingerprint density at radius 3 is 1.63 bits per heavy atom. The van der Waals surface area contributed by atoms with E-state index in [-0.39, 0.29) is 51.0 Å². The van der Waals surface area contributed by atoms with Gasteiger partial charge in [0, 0.05) is 0 Å². The molecular weight excluding hydrogens is 503 g/mol. The van der Waals surface area contributed by atoms with Crippen molar-refractivity contribution < 1.29 is 51.0 Å². The van der Waals surface area contributed by atoms with E-state index < -0.39 is 8.80 Å². The molecule has 0 bridgehead atoms. The second-order valence-electron chi connectivity index (χ2n) is 7.44. The first-order chi connectivity index (χ1) is 13.1. The van der Waals surface area contributed by atoms with Crippen LogP contribution in [-0.4, -0.2) is 8.80 Å². The summed E-state index contributed by atoms with van der Waals surface area (Å²) in [5.74, 6) is 0.556. The van der Waals surface area contributed by atoms with Crippen LogP contribution >= 0.6 is 0 Å². The van der Waals surface area contributed by atoms with Crippen LogP contribution in [0.3, 0.4) is 0 Å². The molecule has 4 heteroatoms. The van der Waals surface area contributed by atoms with Gasteiger partial charge in [0.15, 0.2) is 0 Å². The minimum absolute atomic E-state index is 0. The Balaban J connectivity index is 0.000000726. The number of rotatable bonds is 3. The van der Waals surface area contributed by atoms with Gasteiger partial charge in [0.1, 0.15) is 0 Å². The molecule has 2 aliphatic rings. The van der Waals surface area contributed by atoms with Crippen molar-refractivity contribution in [1.82, 2.24) is 0 Å². The van der Waals surface area contributed by atoms with Gasteiger partial charge >= 0.3 is 26.2 Å². The van der Waals surface area contributed by atoms with E-state index in [0.29, 0.717) is 5.92 Å². The van der Waals surface area contributed by atoms with E-state index in [9.17, 15) is 0 Å². The SMILES string of the molecule is CC1=CC(C)[C-]=C1.CC1=[C-]CC(C)=C1[SiH](c1ccccc1)c1ccccc1.[Cl-].[Cl-].[Zr+4]. The monoisotopic (exact) mass is 528 g/mol. The molecule has 30 heavy (non-hydrogen) atoms. The molecule has 0 fully saturated rings. The number of hydrogen-bond acceptors (Lipinski definition) is 0. The smallest absolute Gasteiger partial charge is 1.00 e. The quantitative estimate of drug-likeness (QED) is 0.352. The van der Waals surface area contributed by atoms with Crippen molar-refractivity contribution in [3.63, 3.8) is 0 Å². The predicted octanol–water partition coefficient (Wildman–Crippen LogP) is -1.02. The molecule has 1 unspecified atom stereocenters. The summed E-state index contributed by atoms with van der Waals surface area (Å²) < 4.78 is 0. The van der Waals surface area contributed by atoms with Gasteiger partial charge in [-0.2, -0.15) is 16.8 Å². The van der Waals surface area contributed by atoms with Crippen LogP contribution in [0, 0.1) is 18.1 Å². The average molecular weight is 531 g/mol. The Morgan fingerprint density at radius 1 is 0.833 bits per heavy atom. The zero-order valence-corrected chi connectivity index (χ0v) is 23.2. The molecule has 0 saturated heterocycles. The van der Waals surface area contributed by atoms with Crippen molar-refractivity contribution in [1.29, 1.82) is 0 Å². The molecule has 0 radical (unpaired) electrons. The molecule has 154 valence electrons. The Hall–Kier alpha value is -0.920. The van der Waals surface area contributed by atoms with Crippen molar-refractivity contribution in [2.24, 2.45) is 5.92 Å². The Morgan fingerprint density at radius 2 is 1.33 bits per heavy atom. The minimum Gasteiger partial charge on any atom is -1.00 e. The number of hydrogen-bond donors (Lipinski definition) is 0. The molecule has 0 nitrogen and oxygen atoms in total.